The standard InChI is InChI=1S/C10H10F3N3O3/c1-4-3-6(7(17)15-5(2)8(18)19)16-9(14-4)10(11,12)13/h3,5H,1-2H3,(H,15,17)(H,18,19)/t5-/m1/s1. The third kappa shape index (κ3) is 3.90. The molecule has 1 amide bonds. The van der Waals surface area contributed by atoms with Crippen LogP contribution < -0.4 is 5.32 Å². The number of alkyl halides is 3. The van der Waals surface area contributed by atoms with Crippen LogP contribution in [0, 0.1) is 6.92 Å². The molecule has 0 spiro atoms. The van der Waals surface area contributed by atoms with E-state index in [1.807, 2.05) is 5.32 Å². The minimum absolute atomic E-state index is 0.0459. The number of hydrogen-bond donors (Lipinski definition) is 2. The van der Waals surface area contributed by atoms with Gasteiger partial charge in [0.15, 0.2) is 0 Å². The molecule has 0 saturated carbocycles. The van der Waals surface area contributed by atoms with E-state index in [0.717, 1.165) is 6.07 Å². The van der Waals surface area contributed by atoms with E-state index in [-0.39, 0.29) is 5.69 Å². The molecule has 9 heteroatoms. The van der Waals surface area contributed by atoms with Crippen molar-refractivity contribution in [3.63, 3.8) is 0 Å². The van der Waals surface area contributed by atoms with E-state index in [4.69, 9.17) is 5.11 Å². The number of carbonyl (C=O) groups is 2. The number of amides is 1. The van der Waals surface area contributed by atoms with Gasteiger partial charge in [0.05, 0.1) is 0 Å². The van der Waals surface area contributed by atoms with E-state index >= 15 is 0 Å². The molecule has 0 aromatic carbocycles. The van der Waals surface area contributed by atoms with Gasteiger partial charge in [-0.2, -0.15) is 13.2 Å². The summed E-state index contributed by atoms with van der Waals surface area (Å²) in [6.07, 6.45) is -4.78. The van der Waals surface area contributed by atoms with Crippen molar-refractivity contribution in [2.45, 2.75) is 26.1 Å². The molecule has 1 aromatic rings. The van der Waals surface area contributed by atoms with Crippen LogP contribution in [0.3, 0.4) is 0 Å². The smallest absolute Gasteiger partial charge is 0.451 e. The summed E-state index contributed by atoms with van der Waals surface area (Å²) in [6.45, 7) is 2.45. The molecule has 2 N–H and O–H groups in total. The van der Waals surface area contributed by atoms with Gasteiger partial charge in [0.1, 0.15) is 11.7 Å². The fraction of sp³-hybridized carbons (Fsp3) is 0.400. The van der Waals surface area contributed by atoms with Crippen molar-refractivity contribution in [2.75, 3.05) is 0 Å². The Bertz CT molecular complexity index is 516. The highest BCUT2D eigenvalue weighted by Gasteiger charge is 2.35. The number of aromatic nitrogens is 2. The van der Waals surface area contributed by atoms with Crippen LogP contribution in [0.2, 0.25) is 0 Å². The molecule has 19 heavy (non-hydrogen) atoms. The Hall–Kier alpha value is -2.19. The van der Waals surface area contributed by atoms with Crippen molar-refractivity contribution < 1.29 is 27.9 Å². The number of aliphatic carboxylic acids is 1. The highest BCUT2D eigenvalue weighted by atomic mass is 19.4. The van der Waals surface area contributed by atoms with Crippen molar-refractivity contribution in [1.29, 1.82) is 0 Å². The predicted octanol–water partition coefficient (Wildman–Crippen LogP) is 1.01. The lowest BCUT2D eigenvalue weighted by molar-refractivity contribution is -0.145. The normalized spacial score (nSPS) is 12.9. The van der Waals surface area contributed by atoms with Crippen molar-refractivity contribution >= 4 is 11.9 Å². The quantitative estimate of drug-likeness (QED) is 0.860. The Labute approximate surface area is 105 Å². The maximum absolute atomic E-state index is 12.5. The summed E-state index contributed by atoms with van der Waals surface area (Å²) in [6, 6.07) is -0.198. The summed E-state index contributed by atoms with van der Waals surface area (Å²) in [5.41, 5.74) is -0.580. The van der Waals surface area contributed by atoms with Crippen molar-refractivity contribution in [3.05, 3.63) is 23.3 Å². The lowest BCUT2D eigenvalue weighted by Gasteiger charge is -2.11. The van der Waals surface area contributed by atoms with Gasteiger partial charge in [-0.1, -0.05) is 0 Å². The molecule has 6 nitrogen and oxygen atoms in total. The maximum Gasteiger partial charge on any atom is 0.451 e. The summed E-state index contributed by atoms with van der Waals surface area (Å²) in [7, 11) is 0. The molecule has 1 rings (SSSR count). The molecule has 0 aliphatic heterocycles. The number of hydrogen-bond acceptors (Lipinski definition) is 4. The van der Waals surface area contributed by atoms with Crippen LogP contribution in [-0.4, -0.2) is 33.0 Å². The van der Waals surface area contributed by atoms with Crippen LogP contribution in [0.25, 0.3) is 0 Å². The average Bonchev–Trinajstić information content (AvgIpc) is 2.26. The zero-order chi connectivity index (χ0) is 14.8. The fourth-order valence-corrected chi connectivity index (χ4v) is 1.14. The molecule has 0 aliphatic carbocycles. The van der Waals surface area contributed by atoms with Gasteiger partial charge in [0.25, 0.3) is 5.91 Å². The third-order valence-corrected chi connectivity index (χ3v) is 2.06. The average molecular weight is 277 g/mol. The second-order valence-corrected chi connectivity index (χ2v) is 3.75. The van der Waals surface area contributed by atoms with Gasteiger partial charge in [-0.15, -0.1) is 0 Å². The second-order valence-electron chi connectivity index (χ2n) is 3.75. The van der Waals surface area contributed by atoms with Gasteiger partial charge in [0, 0.05) is 5.69 Å². The van der Waals surface area contributed by atoms with E-state index in [9.17, 15) is 22.8 Å². The lowest BCUT2D eigenvalue weighted by Crippen LogP contribution is -2.39. The van der Waals surface area contributed by atoms with Crippen LogP contribution >= 0.6 is 0 Å². The van der Waals surface area contributed by atoms with Gasteiger partial charge in [0.2, 0.25) is 5.82 Å². The molecule has 104 valence electrons. The van der Waals surface area contributed by atoms with Gasteiger partial charge < -0.3 is 10.4 Å². The van der Waals surface area contributed by atoms with Gasteiger partial charge in [-0.3, -0.25) is 9.59 Å². The van der Waals surface area contributed by atoms with E-state index in [1.54, 1.807) is 0 Å². The molecule has 0 bridgehead atoms. The molecular weight excluding hydrogens is 267 g/mol. The number of nitrogens with one attached hydrogen (secondary N) is 1. The highest BCUT2D eigenvalue weighted by Crippen LogP contribution is 2.26. The molecule has 1 heterocycles. The monoisotopic (exact) mass is 277 g/mol. The Morgan fingerprint density at radius 1 is 1.37 bits per heavy atom. The first-order chi connectivity index (χ1) is 8.61. The zero-order valence-electron chi connectivity index (χ0n) is 9.95. The first kappa shape index (κ1) is 14.9. The Balaban J connectivity index is 3.04. The Morgan fingerprint density at radius 3 is 2.42 bits per heavy atom. The lowest BCUT2D eigenvalue weighted by atomic mass is 10.2. The van der Waals surface area contributed by atoms with Crippen LogP contribution in [0.1, 0.15) is 28.9 Å². The van der Waals surface area contributed by atoms with E-state index in [1.165, 1.54) is 13.8 Å². The first-order valence-electron chi connectivity index (χ1n) is 5.08. The number of carbonyl (C=O) groups excluding carboxylic acids is 1. The van der Waals surface area contributed by atoms with Crippen molar-refractivity contribution in [1.82, 2.24) is 15.3 Å². The first-order valence-corrected chi connectivity index (χ1v) is 5.08. The van der Waals surface area contributed by atoms with Crippen molar-refractivity contribution in [2.24, 2.45) is 0 Å². The number of halogens is 3. The van der Waals surface area contributed by atoms with Crippen molar-refractivity contribution in [3.8, 4) is 0 Å². The van der Waals surface area contributed by atoms with Gasteiger partial charge in [-0.25, -0.2) is 9.97 Å². The molecule has 1 atom stereocenters. The van der Waals surface area contributed by atoms with Crippen LogP contribution in [0.15, 0.2) is 6.07 Å². The van der Waals surface area contributed by atoms with Crippen LogP contribution in [0.5, 0.6) is 0 Å². The van der Waals surface area contributed by atoms with E-state index < -0.39 is 35.6 Å². The Morgan fingerprint density at radius 2 is 1.95 bits per heavy atom. The zero-order valence-corrected chi connectivity index (χ0v) is 9.95. The number of carboxylic acids is 1. The third-order valence-electron chi connectivity index (χ3n) is 2.06. The molecule has 0 radical (unpaired) electrons. The SMILES string of the molecule is Cc1cc(C(=O)N[C@H](C)C(=O)O)nc(C(F)(F)F)n1. The number of rotatable bonds is 3. The number of carboxylic acid groups (broad SMARTS) is 1. The van der Waals surface area contributed by atoms with Crippen LogP contribution in [0.4, 0.5) is 13.2 Å². The molecule has 0 saturated heterocycles. The Kier molecular flexibility index (Phi) is 4.07. The summed E-state index contributed by atoms with van der Waals surface area (Å²) in [4.78, 5) is 28.3. The van der Waals surface area contributed by atoms with Gasteiger partial charge >= 0.3 is 12.1 Å². The number of nitrogens with zero attached hydrogens (tertiary/aromatic N) is 2. The largest absolute Gasteiger partial charge is 0.480 e. The maximum atomic E-state index is 12.5. The summed E-state index contributed by atoms with van der Waals surface area (Å²) < 4.78 is 37.4. The molecule has 1 aromatic heterocycles. The highest BCUT2D eigenvalue weighted by molar-refractivity contribution is 5.94. The number of aryl methyl sites for hydroxylation is 1. The van der Waals surface area contributed by atoms with Gasteiger partial charge in [-0.05, 0) is 19.9 Å². The van der Waals surface area contributed by atoms with E-state index in [2.05, 4.69) is 9.97 Å². The second kappa shape index (κ2) is 5.21. The minimum atomic E-state index is -4.78. The summed E-state index contributed by atoms with van der Waals surface area (Å²) >= 11 is 0. The van der Waals surface area contributed by atoms with E-state index in [0.29, 0.717) is 0 Å². The topological polar surface area (TPSA) is 92.2 Å². The summed E-state index contributed by atoms with van der Waals surface area (Å²) in [5, 5.41) is 10.6. The fourth-order valence-electron chi connectivity index (χ4n) is 1.14. The predicted molar refractivity (Wildman–Crippen MR) is 56.3 cm³/mol. The summed E-state index contributed by atoms with van der Waals surface area (Å²) in [5.74, 6) is -3.76. The molecular formula is C10H10F3N3O3. The molecule has 0 fully saturated rings. The molecule has 0 aliphatic rings. The van der Waals surface area contributed by atoms with Crippen LogP contribution in [-0.2, 0) is 11.0 Å². The minimum Gasteiger partial charge on any atom is -0.480 e. The molecule has 0 unspecified atom stereocenters.